The molecule has 0 saturated carbocycles. The number of likely N-dealkylation sites (tertiary alicyclic amines) is 1. The number of methoxy groups -OCH3 is 1. The van der Waals surface area contributed by atoms with Gasteiger partial charge in [0.1, 0.15) is 5.75 Å². The maximum Gasteiger partial charge on any atom is 0.303 e. The summed E-state index contributed by atoms with van der Waals surface area (Å²) in [6.45, 7) is 2.92. The van der Waals surface area contributed by atoms with Crippen molar-refractivity contribution in [3.05, 3.63) is 59.9 Å². The van der Waals surface area contributed by atoms with Crippen molar-refractivity contribution in [2.45, 2.75) is 49.8 Å². The monoisotopic (exact) mass is 524 g/mol. The normalized spacial score (nSPS) is 16.5. The van der Waals surface area contributed by atoms with E-state index in [2.05, 4.69) is 14.9 Å². The van der Waals surface area contributed by atoms with Crippen LogP contribution in [-0.2, 0) is 11.3 Å². The molecule has 2 aromatic heterocycles. The summed E-state index contributed by atoms with van der Waals surface area (Å²) in [4.78, 5) is 23.1. The SMILES string of the molecule is COc1ccc2ncc(CN)c([C@H](O)CCC3(CC(=O)O)CCN(CCSc4ccccn4)CC3)c2c1. The Labute approximate surface area is 222 Å². The number of aliphatic carboxylic acids is 1. The zero-order chi connectivity index (χ0) is 26.3. The minimum atomic E-state index is -0.782. The number of aliphatic hydroxyl groups is 1. The van der Waals surface area contributed by atoms with E-state index in [1.165, 1.54) is 0 Å². The van der Waals surface area contributed by atoms with Crippen LogP contribution in [0.3, 0.4) is 0 Å². The van der Waals surface area contributed by atoms with Gasteiger partial charge in [0.2, 0.25) is 0 Å². The third kappa shape index (κ3) is 6.98. The summed E-state index contributed by atoms with van der Waals surface area (Å²) in [7, 11) is 1.61. The van der Waals surface area contributed by atoms with Crippen LogP contribution >= 0.6 is 11.8 Å². The lowest BCUT2D eigenvalue weighted by atomic mass is 9.71. The summed E-state index contributed by atoms with van der Waals surface area (Å²) in [6, 6.07) is 11.5. The van der Waals surface area contributed by atoms with Gasteiger partial charge in [0, 0.05) is 36.6 Å². The zero-order valence-corrected chi connectivity index (χ0v) is 22.1. The summed E-state index contributed by atoms with van der Waals surface area (Å²) in [5.74, 6) is 0.852. The van der Waals surface area contributed by atoms with Gasteiger partial charge in [0.15, 0.2) is 0 Å². The molecule has 3 heterocycles. The van der Waals surface area contributed by atoms with Crippen molar-refractivity contribution in [2.24, 2.45) is 11.1 Å². The van der Waals surface area contributed by atoms with Gasteiger partial charge >= 0.3 is 5.97 Å². The molecular formula is C28H36N4O4S. The number of fused-ring (bicyclic) bond motifs is 1. The molecule has 1 aliphatic rings. The first kappa shape index (κ1) is 27.3. The van der Waals surface area contributed by atoms with Gasteiger partial charge in [-0.2, -0.15) is 0 Å². The number of nitrogens with zero attached hydrogens (tertiary/aromatic N) is 3. The standard InChI is InChI=1S/C28H36N4O4S/c1-36-21-5-6-23-22(16-21)27(20(18-29)19-31-23)24(33)7-8-28(17-26(34)35)9-12-32(13-10-28)14-15-37-25-4-2-3-11-30-25/h2-6,11,16,19,24,33H,7-10,12-15,17-18,29H2,1H3,(H,34,35)/t24-/m1/s1. The molecule has 8 nitrogen and oxygen atoms in total. The van der Waals surface area contributed by atoms with E-state index in [0.717, 1.165) is 65.3 Å². The number of nitrogens with two attached hydrogens (primary N) is 1. The number of hydrogen-bond donors (Lipinski definition) is 3. The first-order valence-corrected chi connectivity index (χ1v) is 13.7. The Morgan fingerprint density at radius 1 is 1.24 bits per heavy atom. The lowest BCUT2D eigenvalue weighted by molar-refractivity contribution is -0.141. The number of aromatic nitrogens is 2. The molecule has 9 heteroatoms. The first-order chi connectivity index (χ1) is 17.9. The van der Waals surface area contributed by atoms with Crippen LogP contribution in [0.15, 0.2) is 53.8 Å². The van der Waals surface area contributed by atoms with Crippen LogP contribution in [0.25, 0.3) is 10.9 Å². The topological polar surface area (TPSA) is 122 Å². The fourth-order valence-electron chi connectivity index (χ4n) is 5.30. The molecular weight excluding hydrogens is 488 g/mol. The van der Waals surface area contributed by atoms with E-state index < -0.39 is 12.1 Å². The molecule has 0 radical (unpaired) electrons. The Morgan fingerprint density at radius 3 is 2.73 bits per heavy atom. The number of hydrogen-bond acceptors (Lipinski definition) is 8. The second-order valence-corrected chi connectivity index (χ2v) is 10.9. The fraction of sp³-hybridized carbons (Fsp3) is 0.464. The predicted molar refractivity (Wildman–Crippen MR) is 146 cm³/mol. The van der Waals surface area contributed by atoms with Gasteiger partial charge in [0.25, 0.3) is 0 Å². The number of pyridine rings is 2. The maximum atomic E-state index is 11.8. The second kappa shape index (κ2) is 12.7. The fourth-order valence-corrected chi connectivity index (χ4v) is 6.17. The third-order valence-electron chi connectivity index (χ3n) is 7.44. The minimum absolute atomic E-state index is 0.116. The summed E-state index contributed by atoms with van der Waals surface area (Å²) in [5.41, 5.74) is 7.99. The molecule has 1 fully saturated rings. The van der Waals surface area contributed by atoms with Gasteiger partial charge in [-0.05, 0) is 85.6 Å². The maximum absolute atomic E-state index is 11.8. The number of rotatable bonds is 12. The Hall–Kier alpha value is -2.72. The summed E-state index contributed by atoms with van der Waals surface area (Å²) < 4.78 is 5.39. The quantitative estimate of drug-likeness (QED) is 0.298. The van der Waals surface area contributed by atoms with Crippen LogP contribution in [-0.4, -0.2) is 63.5 Å². The predicted octanol–water partition coefficient (Wildman–Crippen LogP) is 4.26. The summed E-state index contributed by atoms with van der Waals surface area (Å²) in [5, 5.41) is 22.9. The highest BCUT2D eigenvalue weighted by molar-refractivity contribution is 7.99. The van der Waals surface area contributed by atoms with Crippen LogP contribution in [0.5, 0.6) is 5.75 Å². The lowest BCUT2D eigenvalue weighted by Crippen LogP contribution is -2.42. The van der Waals surface area contributed by atoms with Crippen LogP contribution in [0.1, 0.15) is 49.3 Å². The van der Waals surface area contributed by atoms with E-state index in [0.29, 0.717) is 18.6 Å². The number of aliphatic hydroxyl groups excluding tert-OH is 1. The molecule has 0 bridgehead atoms. The smallest absolute Gasteiger partial charge is 0.303 e. The number of carboxylic acids is 1. The summed E-state index contributed by atoms with van der Waals surface area (Å²) >= 11 is 1.74. The molecule has 1 aliphatic heterocycles. The Balaban J connectivity index is 1.42. The highest BCUT2D eigenvalue weighted by atomic mass is 32.2. The molecule has 1 atom stereocenters. The van der Waals surface area contributed by atoms with Gasteiger partial charge in [-0.25, -0.2) is 4.98 Å². The Bertz CT molecular complexity index is 1180. The number of carboxylic acid groups (broad SMARTS) is 1. The number of thioether (sulfide) groups is 1. The minimum Gasteiger partial charge on any atom is -0.497 e. The largest absolute Gasteiger partial charge is 0.497 e. The molecule has 198 valence electrons. The van der Waals surface area contributed by atoms with E-state index in [4.69, 9.17) is 10.5 Å². The van der Waals surface area contributed by atoms with Gasteiger partial charge in [-0.3, -0.25) is 9.78 Å². The van der Waals surface area contributed by atoms with E-state index in [-0.39, 0.29) is 18.4 Å². The van der Waals surface area contributed by atoms with Crippen LogP contribution in [0.4, 0.5) is 0 Å². The Morgan fingerprint density at radius 2 is 2.05 bits per heavy atom. The molecule has 1 saturated heterocycles. The lowest BCUT2D eigenvalue weighted by Gasteiger charge is -2.41. The summed E-state index contributed by atoms with van der Waals surface area (Å²) in [6.07, 6.45) is 5.58. The average Bonchev–Trinajstić information content (AvgIpc) is 2.92. The number of ether oxygens (including phenoxy) is 1. The van der Waals surface area contributed by atoms with E-state index in [9.17, 15) is 15.0 Å². The van der Waals surface area contributed by atoms with Crippen molar-refractivity contribution in [2.75, 3.05) is 32.5 Å². The van der Waals surface area contributed by atoms with Gasteiger partial charge in [-0.1, -0.05) is 6.07 Å². The molecule has 1 aromatic carbocycles. The van der Waals surface area contributed by atoms with Gasteiger partial charge < -0.3 is 25.6 Å². The van der Waals surface area contributed by atoms with Crippen LogP contribution < -0.4 is 10.5 Å². The van der Waals surface area contributed by atoms with Crippen molar-refractivity contribution in [3.63, 3.8) is 0 Å². The molecule has 4 N–H and O–H groups in total. The van der Waals surface area contributed by atoms with E-state index >= 15 is 0 Å². The number of benzene rings is 1. The van der Waals surface area contributed by atoms with Crippen molar-refractivity contribution >= 4 is 28.6 Å². The van der Waals surface area contributed by atoms with Gasteiger partial charge in [0.05, 0.1) is 30.2 Å². The van der Waals surface area contributed by atoms with Crippen LogP contribution in [0, 0.1) is 5.41 Å². The average molecular weight is 525 g/mol. The Kier molecular flexibility index (Phi) is 9.37. The van der Waals surface area contributed by atoms with Gasteiger partial charge in [-0.15, -0.1) is 11.8 Å². The zero-order valence-electron chi connectivity index (χ0n) is 21.3. The first-order valence-electron chi connectivity index (χ1n) is 12.7. The molecule has 0 unspecified atom stereocenters. The molecule has 0 spiro atoms. The molecule has 37 heavy (non-hydrogen) atoms. The van der Waals surface area contributed by atoms with E-state index in [1.54, 1.807) is 31.3 Å². The van der Waals surface area contributed by atoms with E-state index in [1.807, 2.05) is 36.4 Å². The highest BCUT2D eigenvalue weighted by Gasteiger charge is 2.37. The number of piperidine rings is 1. The highest BCUT2D eigenvalue weighted by Crippen LogP contribution is 2.42. The molecule has 3 aromatic rings. The van der Waals surface area contributed by atoms with Crippen molar-refractivity contribution in [1.29, 1.82) is 0 Å². The van der Waals surface area contributed by atoms with Crippen molar-refractivity contribution < 1.29 is 19.7 Å². The molecule has 4 rings (SSSR count). The number of carbonyl (C=O) groups is 1. The molecule has 0 aliphatic carbocycles. The molecule has 0 amide bonds. The third-order valence-corrected chi connectivity index (χ3v) is 8.36. The second-order valence-electron chi connectivity index (χ2n) is 9.77. The van der Waals surface area contributed by atoms with Crippen LogP contribution in [0.2, 0.25) is 0 Å². The van der Waals surface area contributed by atoms with Crippen molar-refractivity contribution in [3.8, 4) is 5.75 Å². The van der Waals surface area contributed by atoms with Crippen molar-refractivity contribution in [1.82, 2.24) is 14.9 Å².